The van der Waals surface area contributed by atoms with Crippen molar-refractivity contribution in [1.82, 2.24) is 10.2 Å². The number of amides is 2. The molecule has 9 heteroatoms. The molecule has 1 atom stereocenters. The van der Waals surface area contributed by atoms with Crippen molar-refractivity contribution in [2.24, 2.45) is 5.92 Å². The third-order valence-corrected chi connectivity index (χ3v) is 9.47. The molecule has 0 saturated carbocycles. The van der Waals surface area contributed by atoms with Crippen LogP contribution < -0.4 is 9.62 Å². The van der Waals surface area contributed by atoms with Crippen LogP contribution in [0.3, 0.4) is 0 Å². The van der Waals surface area contributed by atoms with Crippen molar-refractivity contribution < 1.29 is 18.0 Å². The zero-order valence-electron chi connectivity index (χ0n) is 25.2. The van der Waals surface area contributed by atoms with E-state index in [1.807, 2.05) is 81.4 Å². The first kappa shape index (κ1) is 33.0. The Hall–Kier alpha value is -3.95. The fraction of sp³-hybridized carbons (Fsp3) is 0.257. The van der Waals surface area contributed by atoms with Crippen molar-refractivity contribution in [3.05, 3.63) is 130 Å². The standard InChI is InChI=1S/C35H38BrN3O4S/c1-26(2)23-37-35(41)33(22-28-10-6-4-7-11-28)38(24-29-12-8-5-9-13-29)34(40)25-39(31-18-16-30(36)17-19-31)44(42,43)32-20-14-27(3)15-21-32/h4-21,26,33H,22-25H2,1-3H3,(H,37,41). The van der Waals surface area contributed by atoms with Crippen LogP contribution in [0.5, 0.6) is 0 Å². The highest BCUT2D eigenvalue weighted by Gasteiger charge is 2.34. The summed E-state index contributed by atoms with van der Waals surface area (Å²) < 4.78 is 30.1. The largest absolute Gasteiger partial charge is 0.354 e. The van der Waals surface area contributed by atoms with Crippen LogP contribution in [-0.2, 0) is 32.6 Å². The van der Waals surface area contributed by atoms with Gasteiger partial charge in [-0.25, -0.2) is 8.42 Å². The first-order valence-electron chi connectivity index (χ1n) is 14.5. The number of hydrogen-bond donors (Lipinski definition) is 1. The molecule has 4 aromatic carbocycles. The molecular weight excluding hydrogens is 638 g/mol. The summed E-state index contributed by atoms with van der Waals surface area (Å²) in [4.78, 5) is 29.8. The topological polar surface area (TPSA) is 86.8 Å². The highest BCUT2D eigenvalue weighted by Crippen LogP contribution is 2.27. The Morgan fingerprint density at radius 3 is 1.93 bits per heavy atom. The van der Waals surface area contributed by atoms with Gasteiger partial charge in [-0.3, -0.25) is 13.9 Å². The van der Waals surface area contributed by atoms with Crippen LogP contribution in [0.4, 0.5) is 5.69 Å². The van der Waals surface area contributed by atoms with Gasteiger partial charge in [-0.1, -0.05) is 108 Å². The first-order chi connectivity index (χ1) is 21.0. The van der Waals surface area contributed by atoms with Gasteiger partial charge in [-0.2, -0.15) is 0 Å². The fourth-order valence-corrected chi connectivity index (χ4v) is 6.41. The lowest BCUT2D eigenvalue weighted by Crippen LogP contribution is -2.53. The average molecular weight is 677 g/mol. The van der Waals surface area contributed by atoms with Gasteiger partial charge in [0.1, 0.15) is 12.6 Å². The van der Waals surface area contributed by atoms with E-state index in [1.165, 1.54) is 4.90 Å². The summed E-state index contributed by atoms with van der Waals surface area (Å²) in [6, 6.07) is 31.4. The van der Waals surface area contributed by atoms with Crippen LogP contribution in [0.1, 0.15) is 30.5 Å². The molecule has 0 bridgehead atoms. The lowest BCUT2D eigenvalue weighted by molar-refractivity contribution is -0.140. The summed E-state index contributed by atoms with van der Waals surface area (Å²) in [6.07, 6.45) is 0.270. The minimum absolute atomic E-state index is 0.0731. The zero-order chi connectivity index (χ0) is 31.7. The second kappa shape index (κ2) is 15.2. The molecule has 1 N–H and O–H groups in total. The number of rotatable bonds is 13. The molecule has 0 heterocycles. The molecule has 0 aliphatic rings. The Morgan fingerprint density at radius 2 is 1.36 bits per heavy atom. The Balaban J connectivity index is 1.78. The molecule has 0 aromatic heterocycles. The second-order valence-corrected chi connectivity index (χ2v) is 13.9. The monoisotopic (exact) mass is 675 g/mol. The molecule has 4 aromatic rings. The normalized spacial score (nSPS) is 12.0. The van der Waals surface area contributed by atoms with Gasteiger partial charge in [-0.15, -0.1) is 0 Å². The molecule has 0 aliphatic carbocycles. The summed E-state index contributed by atoms with van der Waals surface area (Å²) in [5, 5.41) is 3.01. The predicted octanol–water partition coefficient (Wildman–Crippen LogP) is 6.37. The van der Waals surface area contributed by atoms with E-state index in [-0.39, 0.29) is 29.7 Å². The van der Waals surface area contributed by atoms with E-state index in [9.17, 15) is 18.0 Å². The third-order valence-electron chi connectivity index (χ3n) is 7.15. The number of benzene rings is 4. The second-order valence-electron chi connectivity index (χ2n) is 11.2. The molecule has 2 amide bonds. The molecule has 0 fully saturated rings. The van der Waals surface area contributed by atoms with Crippen molar-refractivity contribution in [1.29, 1.82) is 0 Å². The van der Waals surface area contributed by atoms with Gasteiger partial charge >= 0.3 is 0 Å². The van der Waals surface area contributed by atoms with Crippen LogP contribution in [0.15, 0.2) is 119 Å². The van der Waals surface area contributed by atoms with Gasteiger partial charge in [0, 0.05) is 24.0 Å². The predicted molar refractivity (Wildman–Crippen MR) is 179 cm³/mol. The van der Waals surface area contributed by atoms with Crippen LogP contribution >= 0.6 is 15.9 Å². The number of halogens is 1. The maximum absolute atomic E-state index is 14.4. The van der Waals surface area contributed by atoms with Crippen molar-refractivity contribution in [3.8, 4) is 0 Å². The van der Waals surface area contributed by atoms with Gasteiger partial charge in [-0.05, 0) is 60.4 Å². The minimum atomic E-state index is -4.14. The fourth-order valence-electron chi connectivity index (χ4n) is 4.73. The molecule has 230 valence electrons. The Morgan fingerprint density at radius 1 is 0.795 bits per heavy atom. The SMILES string of the molecule is Cc1ccc(S(=O)(=O)N(CC(=O)N(Cc2ccccc2)C(Cc2ccccc2)C(=O)NCC(C)C)c2ccc(Br)cc2)cc1. The molecule has 1 unspecified atom stereocenters. The summed E-state index contributed by atoms with van der Waals surface area (Å²) in [6.45, 7) is 5.98. The van der Waals surface area contributed by atoms with Crippen LogP contribution in [0, 0.1) is 12.8 Å². The van der Waals surface area contributed by atoms with Gasteiger partial charge < -0.3 is 10.2 Å². The van der Waals surface area contributed by atoms with E-state index in [4.69, 9.17) is 0 Å². The maximum Gasteiger partial charge on any atom is 0.264 e. The number of nitrogens with one attached hydrogen (secondary N) is 1. The van der Waals surface area contributed by atoms with E-state index in [2.05, 4.69) is 21.2 Å². The van der Waals surface area contributed by atoms with E-state index < -0.39 is 28.5 Å². The summed E-state index contributed by atoms with van der Waals surface area (Å²) in [5.41, 5.74) is 2.97. The molecule has 0 radical (unpaired) electrons. The Bertz CT molecular complexity index is 1630. The Kier molecular flexibility index (Phi) is 11.4. The van der Waals surface area contributed by atoms with Gasteiger partial charge in [0.25, 0.3) is 10.0 Å². The maximum atomic E-state index is 14.4. The average Bonchev–Trinajstić information content (AvgIpc) is 3.02. The molecule has 0 saturated heterocycles. The van der Waals surface area contributed by atoms with E-state index >= 15 is 0 Å². The molecule has 0 aliphatic heterocycles. The lowest BCUT2D eigenvalue weighted by atomic mass is 10.0. The van der Waals surface area contributed by atoms with E-state index in [0.717, 1.165) is 25.5 Å². The number of carbonyl (C=O) groups is 2. The highest BCUT2D eigenvalue weighted by atomic mass is 79.9. The Labute approximate surface area is 269 Å². The van der Waals surface area contributed by atoms with Gasteiger partial charge in [0.2, 0.25) is 11.8 Å². The van der Waals surface area contributed by atoms with Crippen LogP contribution in [0.25, 0.3) is 0 Å². The first-order valence-corrected chi connectivity index (χ1v) is 16.8. The number of hydrogen-bond acceptors (Lipinski definition) is 4. The highest BCUT2D eigenvalue weighted by molar-refractivity contribution is 9.10. The van der Waals surface area contributed by atoms with Crippen LogP contribution in [-0.4, -0.2) is 44.3 Å². The number of carbonyl (C=O) groups excluding carboxylic acids is 2. The number of sulfonamides is 1. The minimum Gasteiger partial charge on any atom is -0.354 e. The quantitative estimate of drug-likeness (QED) is 0.179. The lowest BCUT2D eigenvalue weighted by Gasteiger charge is -2.34. The number of anilines is 1. The molecule has 44 heavy (non-hydrogen) atoms. The summed E-state index contributed by atoms with van der Waals surface area (Å²) in [7, 11) is -4.14. The van der Waals surface area contributed by atoms with Gasteiger partial charge in [0.05, 0.1) is 10.6 Å². The zero-order valence-corrected chi connectivity index (χ0v) is 27.6. The van der Waals surface area contributed by atoms with Crippen molar-refractivity contribution in [2.45, 2.75) is 44.7 Å². The third kappa shape index (κ3) is 8.80. The summed E-state index contributed by atoms with van der Waals surface area (Å²) >= 11 is 3.41. The molecule has 0 spiro atoms. The number of nitrogens with zero attached hydrogens (tertiary/aromatic N) is 2. The molecular formula is C35H38BrN3O4S. The van der Waals surface area contributed by atoms with Crippen molar-refractivity contribution >= 4 is 43.5 Å². The van der Waals surface area contributed by atoms with Gasteiger partial charge in [0.15, 0.2) is 0 Å². The van der Waals surface area contributed by atoms with Crippen LogP contribution in [0.2, 0.25) is 0 Å². The van der Waals surface area contributed by atoms with Crippen molar-refractivity contribution in [3.63, 3.8) is 0 Å². The number of aryl methyl sites for hydroxylation is 1. The molecule has 4 rings (SSSR count). The van der Waals surface area contributed by atoms with Crippen molar-refractivity contribution in [2.75, 3.05) is 17.4 Å². The molecule has 7 nitrogen and oxygen atoms in total. The smallest absolute Gasteiger partial charge is 0.264 e. The van der Waals surface area contributed by atoms with E-state index in [1.54, 1.807) is 48.5 Å². The summed E-state index contributed by atoms with van der Waals surface area (Å²) in [5.74, 6) is -0.571. The van der Waals surface area contributed by atoms with E-state index in [0.29, 0.717) is 12.2 Å².